The van der Waals surface area contributed by atoms with E-state index >= 15 is 0 Å². The summed E-state index contributed by atoms with van der Waals surface area (Å²) in [5.74, 6) is 0.482. The molecule has 15 heavy (non-hydrogen) atoms. The van der Waals surface area contributed by atoms with Crippen molar-refractivity contribution in [3.63, 3.8) is 0 Å². The van der Waals surface area contributed by atoms with Crippen LogP contribution in [0.1, 0.15) is 44.2 Å². The summed E-state index contributed by atoms with van der Waals surface area (Å²) in [6.07, 6.45) is 0.879. The maximum Gasteiger partial charge on any atom is 0.123 e. The predicted molar refractivity (Wildman–Crippen MR) is 60.8 cm³/mol. The maximum absolute atomic E-state index is 10.4. The van der Waals surface area contributed by atoms with Gasteiger partial charge in [-0.2, -0.15) is 0 Å². The topological polar surface area (TPSA) is 37.3 Å². The third kappa shape index (κ3) is 2.90. The molecular weight excluding hydrogens is 188 g/mol. The summed E-state index contributed by atoms with van der Waals surface area (Å²) < 4.78 is 0. The molecule has 0 amide bonds. The summed E-state index contributed by atoms with van der Waals surface area (Å²) in [6.45, 7) is 5.91. The van der Waals surface area contributed by atoms with Gasteiger partial charge in [-0.05, 0) is 24.0 Å². The lowest BCUT2D eigenvalue weighted by molar-refractivity contribution is -0.112. The highest BCUT2D eigenvalue weighted by Crippen LogP contribution is 2.25. The van der Waals surface area contributed by atoms with Crippen molar-refractivity contribution in [1.29, 1.82) is 0 Å². The van der Waals surface area contributed by atoms with E-state index in [9.17, 15) is 9.90 Å². The molecule has 1 atom stereocenters. The van der Waals surface area contributed by atoms with Crippen LogP contribution in [0.5, 0.6) is 0 Å². The fourth-order valence-electron chi connectivity index (χ4n) is 1.51. The average molecular weight is 206 g/mol. The largest absolute Gasteiger partial charge is 0.385 e. The van der Waals surface area contributed by atoms with Crippen molar-refractivity contribution in [3.8, 4) is 0 Å². The zero-order valence-corrected chi connectivity index (χ0v) is 9.53. The Morgan fingerprint density at radius 1 is 1.33 bits per heavy atom. The van der Waals surface area contributed by atoms with E-state index in [1.165, 1.54) is 5.56 Å². The highest BCUT2D eigenvalue weighted by Gasteiger charge is 2.22. The summed E-state index contributed by atoms with van der Waals surface area (Å²) in [6, 6.07) is 7.77. The quantitative estimate of drug-likeness (QED) is 0.769. The molecule has 0 aromatic heterocycles. The van der Waals surface area contributed by atoms with Gasteiger partial charge in [-0.1, -0.05) is 38.1 Å². The summed E-state index contributed by atoms with van der Waals surface area (Å²) in [7, 11) is 0. The van der Waals surface area contributed by atoms with Crippen LogP contribution in [0.2, 0.25) is 0 Å². The van der Waals surface area contributed by atoms with Crippen LogP contribution in [0, 0.1) is 0 Å². The third-order valence-electron chi connectivity index (χ3n) is 2.68. The molecule has 0 saturated carbocycles. The van der Waals surface area contributed by atoms with Gasteiger partial charge in [0.1, 0.15) is 6.29 Å². The van der Waals surface area contributed by atoms with E-state index in [1.54, 1.807) is 6.92 Å². The number of rotatable bonds is 4. The molecule has 0 aliphatic rings. The highest BCUT2D eigenvalue weighted by atomic mass is 16.3. The lowest BCUT2D eigenvalue weighted by Gasteiger charge is -2.21. The van der Waals surface area contributed by atoms with Gasteiger partial charge in [-0.15, -0.1) is 0 Å². The van der Waals surface area contributed by atoms with E-state index in [0.29, 0.717) is 5.92 Å². The van der Waals surface area contributed by atoms with Gasteiger partial charge in [0, 0.05) is 6.42 Å². The van der Waals surface area contributed by atoms with Crippen LogP contribution in [0.25, 0.3) is 0 Å². The molecule has 0 fully saturated rings. The minimum atomic E-state index is -1.04. The molecule has 0 saturated heterocycles. The van der Waals surface area contributed by atoms with Crippen molar-refractivity contribution in [2.24, 2.45) is 0 Å². The smallest absolute Gasteiger partial charge is 0.123 e. The second-order valence-corrected chi connectivity index (χ2v) is 4.42. The first-order valence-corrected chi connectivity index (χ1v) is 5.24. The molecule has 0 radical (unpaired) electrons. The lowest BCUT2D eigenvalue weighted by Crippen LogP contribution is -2.21. The molecule has 1 unspecified atom stereocenters. The minimum Gasteiger partial charge on any atom is -0.385 e. The second kappa shape index (κ2) is 4.58. The number of hydrogen-bond donors (Lipinski definition) is 1. The molecule has 1 rings (SSSR count). The van der Waals surface area contributed by atoms with Crippen LogP contribution in [0.15, 0.2) is 24.3 Å². The molecule has 0 aliphatic heterocycles. The van der Waals surface area contributed by atoms with Gasteiger partial charge in [0.05, 0.1) is 5.60 Å². The van der Waals surface area contributed by atoms with Crippen molar-refractivity contribution in [2.75, 3.05) is 0 Å². The molecule has 1 aromatic carbocycles. The molecule has 1 N–H and O–H groups in total. The molecule has 0 bridgehead atoms. The average Bonchev–Trinajstić information content (AvgIpc) is 2.18. The summed E-state index contributed by atoms with van der Waals surface area (Å²) in [5, 5.41) is 9.98. The number of carbonyl (C=O) groups excluding carboxylic acids is 1. The van der Waals surface area contributed by atoms with Gasteiger partial charge >= 0.3 is 0 Å². The molecular formula is C13H18O2. The van der Waals surface area contributed by atoms with Crippen LogP contribution in [-0.2, 0) is 10.4 Å². The van der Waals surface area contributed by atoms with Crippen molar-refractivity contribution in [3.05, 3.63) is 35.4 Å². The van der Waals surface area contributed by atoms with E-state index in [-0.39, 0.29) is 6.42 Å². The Hall–Kier alpha value is -1.15. The standard InChI is InChI=1S/C13H18O2/c1-10(2)11-4-6-12(7-5-11)13(3,15)8-9-14/h4-7,9-10,15H,8H2,1-3H3. The van der Waals surface area contributed by atoms with E-state index < -0.39 is 5.60 Å². The van der Waals surface area contributed by atoms with Crippen LogP contribution in [0.3, 0.4) is 0 Å². The van der Waals surface area contributed by atoms with Gasteiger partial charge in [-0.3, -0.25) is 0 Å². The van der Waals surface area contributed by atoms with Crippen LogP contribution in [-0.4, -0.2) is 11.4 Å². The maximum atomic E-state index is 10.4. The number of aliphatic hydroxyl groups is 1. The first-order chi connectivity index (χ1) is 6.97. The molecule has 0 aliphatic carbocycles. The first-order valence-electron chi connectivity index (χ1n) is 5.24. The summed E-state index contributed by atoms with van der Waals surface area (Å²) in [4.78, 5) is 10.4. The van der Waals surface area contributed by atoms with Gasteiger partial charge in [0.15, 0.2) is 0 Å². The minimum absolute atomic E-state index is 0.133. The number of hydrogen-bond acceptors (Lipinski definition) is 2. The van der Waals surface area contributed by atoms with E-state index in [4.69, 9.17) is 0 Å². The van der Waals surface area contributed by atoms with Crippen molar-refractivity contribution in [2.45, 2.75) is 38.7 Å². The summed E-state index contributed by atoms with van der Waals surface area (Å²) >= 11 is 0. The zero-order valence-electron chi connectivity index (χ0n) is 9.53. The fraction of sp³-hybridized carbons (Fsp3) is 0.462. The lowest BCUT2D eigenvalue weighted by atomic mass is 9.91. The normalized spacial score (nSPS) is 15.0. The van der Waals surface area contributed by atoms with Gasteiger partial charge in [0.25, 0.3) is 0 Å². The molecule has 2 heteroatoms. The zero-order chi connectivity index (χ0) is 11.5. The first kappa shape index (κ1) is 11.9. The van der Waals surface area contributed by atoms with Crippen LogP contribution >= 0.6 is 0 Å². The third-order valence-corrected chi connectivity index (χ3v) is 2.68. The van der Waals surface area contributed by atoms with Gasteiger partial charge in [-0.25, -0.2) is 0 Å². The number of carbonyl (C=O) groups is 1. The second-order valence-electron chi connectivity index (χ2n) is 4.42. The molecule has 0 heterocycles. The van der Waals surface area contributed by atoms with Crippen molar-refractivity contribution in [1.82, 2.24) is 0 Å². The predicted octanol–water partition coefficient (Wildman–Crippen LogP) is 2.61. The van der Waals surface area contributed by atoms with Crippen molar-refractivity contribution < 1.29 is 9.90 Å². The Bertz CT molecular complexity index is 323. The Morgan fingerprint density at radius 3 is 2.27 bits per heavy atom. The fourth-order valence-corrected chi connectivity index (χ4v) is 1.51. The van der Waals surface area contributed by atoms with Crippen molar-refractivity contribution >= 4 is 6.29 Å². The number of aldehydes is 1. The van der Waals surface area contributed by atoms with Crippen LogP contribution in [0.4, 0.5) is 0 Å². The summed E-state index contributed by atoms with van der Waals surface area (Å²) in [5.41, 5.74) is 0.983. The van der Waals surface area contributed by atoms with E-state index in [2.05, 4.69) is 13.8 Å². The highest BCUT2D eigenvalue weighted by molar-refractivity contribution is 5.52. The Morgan fingerprint density at radius 2 is 1.87 bits per heavy atom. The van der Waals surface area contributed by atoms with Crippen LogP contribution < -0.4 is 0 Å². The van der Waals surface area contributed by atoms with E-state index in [0.717, 1.165) is 11.8 Å². The SMILES string of the molecule is CC(C)c1ccc(C(C)(O)CC=O)cc1. The molecule has 1 aromatic rings. The Labute approximate surface area is 90.9 Å². The Kier molecular flexibility index (Phi) is 3.64. The molecule has 0 spiro atoms. The number of benzene rings is 1. The molecule has 2 nitrogen and oxygen atoms in total. The Balaban J connectivity index is 2.92. The van der Waals surface area contributed by atoms with Gasteiger partial charge < -0.3 is 9.90 Å². The monoisotopic (exact) mass is 206 g/mol. The van der Waals surface area contributed by atoms with E-state index in [1.807, 2.05) is 24.3 Å². The van der Waals surface area contributed by atoms with Gasteiger partial charge in [0.2, 0.25) is 0 Å². The molecule has 82 valence electrons.